The number of nitrogens with one attached hydrogen (secondary N) is 2. The molecule has 4 N–H and O–H groups in total. The maximum atomic E-state index is 11.5. The summed E-state index contributed by atoms with van der Waals surface area (Å²) < 4.78 is 0. The Bertz CT molecular complexity index is 747. The number of benzene rings is 1. The third kappa shape index (κ3) is 2.50. The van der Waals surface area contributed by atoms with E-state index in [0.717, 1.165) is 30.2 Å². The van der Waals surface area contributed by atoms with Crippen molar-refractivity contribution in [1.29, 1.82) is 0 Å². The summed E-state index contributed by atoms with van der Waals surface area (Å²) in [4.78, 5) is 26.0. The highest BCUT2D eigenvalue weighted by molar-refractivity contribution is 6.05. The van der Waals surface area contributed by atoms with Crippen molar-refractivity contribution in [2.24, 2.45) is 5.73 Å². The summed E-state index contributed by atoms with van der Waals surface area (Å²) >= 11 is 0. The van der Waals surface area contributed by atoms with E-state index in [0.29, 0.717) is 11.5 Å². The van der Waals surface area contributed by atoms with E-state index in [4.69, 9.17) is 5.73 Å². The molecule has 0 unspecified atom stereocenters. The Morgan fingerprint density at radius 1 is 1.32 bits per heavy atom. The Balaban J connectivity index is 1.87. The first-order chi connectivity index (χ1) is 10.6. The van der Waals surface area contributed by atoms with Crippen LogP contribution < -0.4 is 11.1 Å². The molecule has 2 amide bonds. The third-order valence-corrected chi connectivity index (χ3v) is 4.43. The van der Waals surface area contributed by atoms with Crippen LogP contribution in [-0.2, 0) is 4.79 Å². The monoisotopic (exact) mass is 297 g/mol. The number of carbonyl (C=O) groups is 2. The standard InChI is InChI=1S/C17H19N3O2/c1-2-15(21)20-11-4-3-10(9-11)12-5-6-14(17(18)22)16-13(12)7-8-19-16/h2,5-8,10-11,19H,1,3-4,9H2,(H2,18,22)(H,20,21)/t10-,11+/m1/s1. The molecule has 0 saturated heterocycles. The van der Waals surface area contributed by atoms with E-state index in [2.05, 4.69) is 16.9 Å². The number of hydrogen-bond donors (Lipinski definition) is 3. The average Bonchev–Trinajstić information content (AvgIpc) is 3.14. The van der Waals surface area contributed by atoms with Crippen molar-refractivity contribution in [2.45, 2.75) is 31.2 Å². The van der Waals surface area contributed by atoms with Gasteiger partial charge in [-0.25, -0.2) is 0 Å². The fourth-order valence-electron chi connectivity index (χ4n) is 3.40. The van der Waals surface area contributed by atoms with Gasteiger partial charge in [0.2, 0.25) is 5.91 Å². The molecule has 114 valence electrons. The molecular weight excluding hydrogens is 278 g/mol. The van der Waals surface area contributed by atoms with E-state index in [1.807, 2.05) is 18.3 Å². The number of carbonyl (C=O) groups excluding carboxylic acids is 2. The normalized spacial score (nSPS) is 20.9. The lowest BCUT2D eigenvalue weighted by Crippen LogP contribution is -2.31. The molecule has 0 radical (unpaired) electrons. The second-order valence-electron chi connectivity index (χ2n) is 5.75. The molecule has 1 heterocycles. The molecule has 0 spiro atoms. The van der Waals surface area contributed by atoms with E-state index >= 15 is 0 Å². The lowest BCUT2D eigenvalue weighted by molar-refractivity contribution is -0.117. The molecule has 1 saturated carbocycles. The van der Waals surface area contributed by atoms with Gasteiger partial charge in [0, 0.05) is 17.6 Å². The van der Waals surface area contributed by atoms with Gasteiger partial charge >= 0.3 is 0 Å². The van der Waals surface area contributed by atoms with Crippen LogP contribution in [0.3, 0.4) is 0 Å². The molecule has 1 aliphatic carbocycles. The summed E-state index contributed by atoms with van der Waals surface area (Å²) in [5.74, 6) is -0.182. The number of rotatable bonds is 4. The number of aromatic nitrogens is 1. The topological polar surface area (TPSA) is 88.0 Å². The Labute approximate surface area is 128 Å². The van der Waals surface area contributed by atoms with Crippen molar-refractivity contribution in [2.75, 3.05) is 0 Å². The number of H-pyrrole nitrogens is 1. The van der Waals surface area contributed by atoms with Crippen molar-refractivity contribution in [1.82, 2.24) is 10.3 Å². The molecule has 2 atom stereocenters. The summed E-state index contributed by atoms with van der Waals surface area (Å²) in [6.45, 7) is 3.48. The average molecular weight is 297 g/mol. The molecule has 0 aliphatic heterocycles. The maximum absolute atomic E-state index is 11.5. The predicted octanol–water partition coefficient (Wildman–Crippen LogP) is 2.21. The highest BCUT2D eigenvalue weighted by Crippen LogP contribution is 2.38. The fourth-order valence-corrected chi connectivity index (χ4v) is 3.40. The zero-order chi connectivity index (χ0) is 15.7. The molecule has 1 aromatic heterocycles. The largest absolute Gasteiger partial charge is 0.366 e. The van der Waals surface area contributed by atoms with Crippen LogP contribution in [0.15, 0.2) is 37.1 Å². The molecule has 1 aliphatic rings. The van der Waals surface area contributed by atoms with Crippen LogP contribution in [0.5, 0.6) is 0 Å². The van der Waals surface area contributed by atoms with Crippen molar-refractivity contribution >= 4 is 22.7 Å². The number of hydrogen-bond acceptors (Lipinski definition) is 2. The Morgan fingerprint density at radius 3 is 2.86 bits per heavy atom. The summed E-state index contributed by atoms with van der Waals surface area (Å²) in [7, 11) is 0. The van der Waals surface area contributed by atoms with Gasteiger partial charge in [-0.1, -0.05) is 12.6 Å². The van der Waals surface area contributed by atoms with E-state index in [-0.39, 0.29) is 11.9 Å². The second kappa shape index (κ2) is 5.67. The van der Waals surface area contributed by atoms with Gasteiger partial charge in [0.15, 0.2) is 0 Å². The first-order valence-electron chi connectivity index (χ1n) is 7.43. The van der Waals surface area contributed by atoms with Crippen LogP contribution >= 0.6 is 0 Å². The van der Waals surface area contributed by atoms with E-state index < -0.39 is 5.91 Å². The summed E-state index contributed by atoms with van der Waals surface area (Å²) in [5, 5.41) is 4.00. The third-order valence-electron chi connectivity index (χ3n) is 4.43. The molecule has 2 aromatic rings. The van der Waals surface area contributed by atoms with Gasteiger partial charge in [0.05, 0.1) is 11.1 Å². The first-order valence-corrected chi connectivity index (χ1v) is 7.43. The van der Waals surface area contributed by atoms with Gasteiger partial charge in [-0.05, 0) is 49.0 Å². The van der Waals surface area contributed by atoms with Gasteiger partial charge in [-0.15, -0.1) is 0 Å². The van der Waals surface area contributed by atoms with Crippen LogP contribution in [0.25, 0.3) is 10.9 Å². The number of primary amides is 1. The number of nitrogens with two attached hydrogens (primary N) is 1. The molecule has 1 aromatic carbocycles. The summed E-state index contributed by atoms with van der Waals surface area (Å²) in [6.07, 6.45) is 5.99. The molecular formula is C17H19N3O2. The van der Waals surface area contributed by atoms with Crippen LogP contribution in [-0.4, -0.2) is 22.8 Å². The molecule has 5 nitrogen and oxygen atoms in total. The van der Waals surface area contributed by atoms with Crippen LogP contribution in [0.2, 0.25) is 0 Å². The number of aromatic amines is 1. The van der Waals surface area contributed by atoms with Gasteiger partial charge in [-0.2, -0.15) is 0 Å². The zero-order valence-corrected chi connectivity index (χ0v) is 12.3. The minimum absolute atomic E-state index is 0.124. The lowest BCUT2D eigenvalue weighted by atomic mass is 9.92. The highest BCUT2D eigenvalue weighted by atomic mass is 16.1. The van der Waals surface area contributed by atoms with Crippen molar-refractivity contribution < 1.29 is 9.59 Å². The van der Waals surface area contributed by atoms with Crippen molar-refractivity contribution in [3.63, 3.8) is 0 Å². The maximum Gasteiger partial charge on any atom is 0.250 e. The number of amides is 2. The molecule has 5 heteroatoms. The molecule has 22 heavy (non-hydrogen) atoms. The van der Waals surface area contributed by atoms with Gasteiger partial charge in [0.1, 0.15) is 0 Å². The first kappa shape index (κ1) is 14.4. The summed E-state index contributed by atoms with van der Waals surface area (Å²) in [5.41, 5.74) is 7.93. The van der Waals surface area contributed by atoms with E-state index in [1.54, 1.807) is 6.07 Å². The SMILES string of the molecule is C=CC(=O)N[C@H]1CC[C@@H](c2ccc(C(N)=O)c3[nH]ccc23)C1. The van der Waals surface area contributed by atoms with Crippen molar-refractivity contribution in [3.05, 3.63) is 48.2 Å². The minimum atomic E-state index is -0.429. The zero-order valence-electron chi connectivity index (χ0n) is 12.3. The highest BCUT2D eigenvalue weighted by Gasteiger charge is 2.28. The minimum Gasteiger partial charge on any atom is -0.366 e. The van der Waals surface area contributed by atoms with Crippen molar-refractivity contribution in [3.8, 4) is 0 Å². The molecule has 1 fully saturated rings. The van der Waals surface area contributed by atoms with E-state index in [9.17, 15) is 9.59 Å². The quantitative estimate of drug-likeness (QED) is 0.755. The van der Waals surface area contributed by atoms with Crippen LogP contribution in [0.1, 0.15) is 41.1 Å². The van der Waals surface area contributed by atoms with Gasteiger partial charge in [-0.3, -0.25) is 9.59 Å². The molecule has 3 rings (SSSR count). The van der Waals surface area contributed by atoms with E-state index in [1.165, 1.54) is 11.6 Å². The second-order valence-corrected chi connectivity index (χ2v) is 5.75. The fraction of sp³-hybridized carbons (Fsp3) is 0.294. The number of fused-ring (bicyclic) bond motifs is 1. The van der Waals surface area contributed by atoms with Gasteiger partial charge in [0.25, 0.3) is 5.91 Å². The van der Waals surface area contributed by atoms with Gasteiger partial charge < -0.3 is 16.0 Å². The van der Waals surface area contributed by atoms with Crippen LogP contribution in [0, 0.1) is 0 Å². The van der Waals surface area contributed by atoms with Crippen LogP contribution in [0.4, 0.5) is 0 Å². The lowest BCUT2D eigenvalue weighted by Gasteiger charge is -2.14. The summed E-state index contributed by atoms with van der Waals surface area (Å²) in [6, 6.07) is 5.93. The Hall–Kier alpha value is -2.56. The Kier molecular flexibility index (Phi) is 3.71. The smallest absolute Gasteiger partial charge is 0.250 e. The molecule has 0 bridgehead atoms. The Morgan fingerprint density at radius 2 is 2.14 bits per heavy atom. The predicted molar refractivity (Wildman–Crippen MR) is 85.5 cm³/mol.